The summed E-state index contributed by atoms with van der Waals surface area (Å²) in [5.74, 6) is -0.0180. The molecule has 0 spiro atoms. The van der Waals surface area contributed by atoms with E-state index in [0.29, 0.717) is 23.5 Å². The van der Waals surface area contributed by atoms with Crippen molar-refractivity contribution in [3.05, 3.63) is 33.9 Å². The molecule has 6 nitrogen and oxygen atoms in total. The van der Waals surface area contributed by atoms with Crippen LogP contribution in [0.2, 0.25) is 0 Å². The predicted octanol–water partition coefficient (Wildman–Crippen LogP) is 2.60. The molecule has 108 valence electrons. The Morgan fingerprint density at radius 1 is 1.55 bits per heavy atom. The number of likely N-dealkylation sites (tertiary alicyclic amines) is 1. The topological polar surface area (TPSA) is 72.7 Å². The molecule has 20 heavy (non-hydrogen) atoms. The zero-order chi connectivity index (χ0) is 14.7. The highest BCUT2D eigenvalue weighted by Gasteiger charge is 2.24. The van der Waals surface area contributed by atoms with Gasteiger partial charge >= 0.3 is 5.69 Å². The van der Waals surface area contributed by atoms with E-state index in [1.165, 1.54) is 25.3 Å². The number of halogens is 1. The quantitative estimate of drug-likeness (QED) is 0.480. The lowest BCUT2D eigenvalue weighted by Gasteiger charge is -2.30. The number of nitro groups is 1. The number of methoxy groups -OCH3 is 1. The van der Waals surface area contributed by atoms with Crippen LogP contribution in [0.4, 0.5) is 5.69 Å². The van der Waals surface area contributed by atoms with Crippen LogP contribution in [0, 0.1) is 10.1 Å². The highest BCUT2D eigenvalue weighted by atomic mass is 79.9. The number of nitrogens with zero attached hydrogens (tertiary/aromatic N) is 2. The van der Waals surface area contributed by atoms with Crippen molar-refractivity contribution >= 4 is 27.5 Å². The molecule has 2 rings (SSSR count). The average molecular weight is 343 g/mol. The number of piperidine rings is 1. The molecule has 0 N–H and O–H groups in total. The Labute approximate surface area is 125 Å². The highest BCUT2D eigenvalue weighted by Crippen LogP contribution is 2.28. The van der Waals surface area contributed by atoms with Crippen LogP contribution in [0.5, 0.6) is 5.75 Å². The summed E-state index contributed by atoms with van der Waals surface area (Å²) in [7, 11) is 1.35. The van der Waals surface area contributed by atoms with Gasteiger partial charge < -0.3 is 9.64 Å². The van der Waals surface area contributed by atoms with Gasteiger partial charge in [-0.15, -0.1) is 0 Å². The number of hydrogen-bond acceptors (Lipinski definition) is 4. The Kier molecular flexibility index (Phi) is 4.59. The van der Waals surface area contributed by atoms with E-state index in [0.717, 1.165) is 12.8 Å². The summed E-state index contributed by atoms with van der Waals surface area (Å²) in [6, 6.07) is 4.21. The number of hydrogen-bond donors (Lipinski definition) is 0. The third kappa shape index (κ3) is 3.09. The Hall–Kier alpha value is -1.63. The maximum Gasteiger partial charge on any atom is 0.310 e. The van der Waals surface area contributed by atoms with E-state index >= 15 is 0 Å². The van der Waals surface area contributed by atoms with E-state index in [1.54, 1.807) is 4.90 Å². The molecule has 0 saturated carbocycles. The van der Waals surface area contributed by atoms with Gasteiger partial charge in [-0.1, -0.05) is 15.9 Å². The van der Waals surface area contributed by atoms with Crippen LogP contribution in [-0.4, -0.2) is 40.8 Å². The minimum absolute atomic E-state index is 0.105. The number of carbonyl (C=O) groups excluding carboxylic acids is 1. The van der Waals surface area contributed by atoms with Gasteiger partial charge in [-0.3, -0.25) is 14.9 Å². The van der Waals surface area contributed by atoms with Gasteiger partial charge in [0.1, 0.15) is 0 Å². The monoisotopic (exact) mass is 342 g/mol. The van der Waals surface area contributed by atoms with Crippen molar-refractivity contribution in [2.24, 2.45) is 0 Å². The van der Waals surface area contributed by atoms with Crippen molar-refractivity contribution in [3.63, 3.8) is 0 Å². The van der Waals surface area contributed by atoms with E-state index in [9.17, 15) is 14.9 Å². The number of benzene rings is 1. The lowest BCUT2D eigenvalue weighted by atomic mass is 10.1. The molecule has 0 bridgehead atoms. The Balaban J connectivity index is 2.24. The summed E-state index contributed by atoms with van der Waals surface area (Å²) in [5, 5.41) is 10.8. The molecule has 0 aromatic heterocycles. The van der Waals surface area contributed by atoms with Gasteiger partial charge in [0.05, 0.1) is 12.0 Å². The SMILES string of the molecule is COc1cc(C(=O)N2CCCC(Br)C2)ccc1[N+](=O)[O-]. The molecule has 1 saturated heterocycles. The Bertz CT molecular complexity index is 535. The van der Waals surface area contributed by atoms with Crippen LogP contribution in [0.25, 0.3) is 0 Å². The largest absolute Gasteiger partial charge is 0.490 e. The number of ether oxygens (including phenoxy) is 1. The molecule has 1 aliphatic heterocycles. The lowest BCUT2D eigenvalue weighted by molar-refractivity contribution is -0.385. The average Bonchev–Trinajstić information content (AvgIpc) is 2.45. The van der Waals surface area contributed by atoms with Crippen LogP contribution >= 0.6 is 15.9 Å². The van der Waals surface area contributed by atoms with Gasteiger partial charge in [0, 0.05) is 35.6 Å². The number of nitro benzene ring substituents is 1. The third-order valence-corrected chi connectivity index (χ3v) is 4.02. The minimum Gasteiger partial charge on any atom is -0.490 e. The molecule has 1 unspecified atom stereocenters. The van der Waals surface area contributed by atoms with Crippen molar-refractivity contribution in [2.45, 2.75) is 17.7 Å². The summed E-state index contributed by atoms with van der Waals surface area (Å²) in [6.45, 7) is 1.36. The number of amides is 1. The van der Waals surface area contributed by atoms with Gasteiger partial charge in [0.2, 0.25) is 0 Å². The first-order valence-corrected chi connectivity index (χ1v) is 7.20. The van der Waals surface area contributed by atoms with E-state index in [-0.39, 0.29) is 17.3 Å². The lowest BCUT2D eigenvalue weighted by Crippen LogP contribution is -2.40. The maximum absolute atomic E-state index is 12.4. The number of alkyl halides is 1. The molecule has 1 heterocycles. The fourth-order valence-corrected chi connectivity index (χ4v) is 2.93. The summed E-state index contributed by atoms with van der Waals surface area (Å²) < 4.78 is 4.98. The van der Waals surface area contributed by atoms with Crippen LogP contribution in [0.3, 0.4) is 0 Å². The molecule has 1 aromatic carbocycles. The second kappa shape index (κ2) is 6.21. The maximum atomic E-state index is 12.4. The van der Waals surface area contributed by atoms with E-state index in [1.807, 2.05) is 0 Å². The molecule has 1 fully saturated rings. The van der Waals surface area contributed by atoms with E-state index < -0.39 is 4.92 Å². The van der Waals surface area contributed by atoms with Crippen molar-refractivity contribution in [3.8, 4) is 5.75 Å². The second-order valence-electron chi connectivity index (χ2n) is 4.63. The van der Waals surface area contributed by atoms with E-state index in [2.05, 4.69) is 15.9 Å². The van der Waals surface area contributed by atoms with E-state index in [4.69, 9.17) is 4.74 Å². The van der Waals surface area contributed by atoms with Crippen molar-refractivity contribution in [1.29, 1.82) is 0 Å². The van der Waals surface area contributed by atoms with Gasteiger partial charge in [0.15, 0.2) is 5.75 Å². The molecular formula is C13H15BrN2O4. The van der Waals surface area contributed by atoms with Gasteiger partial charge in [-0.2, -0.15) is 0 Å². The minimum atomic E-state index is -0.525. The summed E-state index contributed by atoms with van der Waals surface area (Å²) in [6.07, 6.45) is 2.00. The van der Waals surface area contributed by atoms with Gasteiger partial charge in [-0.05, 0) is 18.9 Å². The second-order valence-corrected chi connectivity index (χ2v) is 5.93. The molecular weight excluding hydrogens is 328 g/mol. The zero-order valence-corrected chi connectivity index (χ0v) is 12.6. The molecule has 7 heteroatoms. The summed E-state index contributed by atoms with van der Waals surface area (Å²) in [5.41, 5.74) is 0.273. The van der Waals surface area contributed by atoms with Crippen LogP contribution in [0.1, 0.15) is 23.2 Å². The zero-order valence-electron chi connectivity index (χ0n) is 11.0. The van der Waals surface area contributed by atoms with Crippen LogP contribution in [-0.2, 0) is 0 Å². The first-order chi connectivity index (χ1) is 9.52. The summed E-state index contributed by atoms with van der Waals surface area (Å²) in [4.78, 5) is 24.7. The molecule has 1 atom stereocenters. The number of rotatable bonds is 3. The molecule has 1 amide bonds. The number of carbonyl (C=O) groups is 1. The molecule has 1 aromatic rings. The van der Waals surface area contributed by atoms with Crippen molar-refractivity contribution in [1.82, 2.24) is 4.90 Å². The smallest absolute Gasteiger partial charge is 0.310 e. The van der Waals surface area contributed by atoms with Crippen LogP contribution in [0.15, 0.2) is 18.2 Å². The van der Waals surface area contributed by atoms with Gasteiger partial charge in [0.25, 0.3) is 5.91 Å². The Morgan fingerprint density at radius 3 is 2.90 bits per heavy atom. The first kappa shape index (κ1) is 14.8. The first-order valence-electron chi connectivity index (χ1n) is 6.28. The normalized spacial score (nSPS) is 18.7. The third-order valence-electron chi connectivity index (χ3n) is 3.27. The highest BCUT2D eigenvalue weighted by molar-refractivity contribution is 9.09. The van der Waals surface area contributed by atoms with Crippen molar-refractivity contribution < 1.29 is 14.5 Å². The fourth-order valence-electron chi connectivity index (χ4n) is 2.25. The van der Waals surface area contributed by atoms with Crippen molar-refractivity contribution in [2.75, 3.05) is 20.2 Å². The predicted molar refractivity (Wildman–Crippen MR) is 77.5 cm³/mol. The van der Waals surface area contributed by atoms with Crippen LogP contribution < -0.4 is 4.74 Å². The molecule has 0 radical (unpaired) electrons. The molecule has 1 aliphatic rings. The Morgan fingerprint density at radius 2 is 2.30 bits per heavy atom. The summed E-state index contributed by atoms with van der Waals surface area (Å²) >= 11 is 3.52. The molecule has 0 aliphatic carbocycles. The standard InChI is InChI=1S/C13H15BrN2O4/c1-20-12-7-9(4-5-11(12)16(18)19)13(17)15-6-2-3-10(14)8-15/h4-5,7,10H,2-3,6,8H2,1H3. The fraction of sp³-hybridized carbons (Fsp3) is 0.462. The van der Waals surface area contributed by atoms with Gasteiger partial charge in [-0.25, -0.2) is 0 Å².